The fourth-order valence-corrected chi connectivity index (χ4v) is 2.42. The van der Waals surface area contributed by atoms with Crippen molar-refractivity contribution in [3.05, 3.63) is 12.2 Å². The highest BCUT2D eigenvalue weighted by molar-refractivity contribution is 5.89. The molecule has 138 valence electrons. The van der Waals surface area contributed by atoms with Gasteiger partial charge < -0.3 is 20.4 Å². The zero-order chi connectivity index (χ0) is 18.9. The highest BCUT2D eigenvalue weighted by Crippen LogP contribution is 2.10. The van der Waals surface area contributed by atoms with E-state index < -0.39 is 11.9 Å². The Morgan fingerprint density at radius 1 is 1.12 bits per heavy atom. The second-order valence-corrected chi connectivity index (χ2v) is 6.43. The van der Waals surface area contributed by atoms with Crippen molar-refractivity contribution >= 4 is 17.7 Å². The van der Waals surface area contributed by atoms with Crippen LogP contribution < -0.4 is 5.73 Å². The molecular weight excluding hydrogens is 308 g/mol. The molecule has 0 heterocycles. The number of amides is 3. The number of nitrogens with two attached hydrogens (primary N) is 1. The summed E-state index contributed by atoms with van der Waals surface area (Å²) in [6, 6.07) is -0.636. The molecule has 0 saturated carbocycles. The number of primary amides is 1. The van der Waals surface area contributed by atoms with Crippen molar-refractivity contribution in [1.82, 2.24) is 14.7 Å². The first-order valence-electron chi connectivity index (χ1n) is 8.26. The monoisotopic (exact) mass is 340 g/mol. The van der Waals surface area contributed by atoms with Crippen LogP contribution in [0.5, 0.6) is 0 Å². The minimum Gasteiger partial charge on any atom is -0.368 e. The highest BCUT2D eigenvalue weighted by atomic mass is 16.2. The smallest absolute Gasteiger partial charge is 0.246 e. The Kier molecular flexibility index (Phi) is 9.95. The Morgan fingerprint density at radius 2 is 1.71 bits per heavy atom. The van der Waals surface area contributed by atoms with Gasteiger partial charge in [-0.05, 0) is 26.9 Å². The van der Waals surface area contributed by atoms with Crippen molar-refractivity contribution < 1.29 is 14.4 Å². The molecule has 1 atom stereocenters. The topological polar surface area (TPSA) is 87.0 Å². The summed E-state index contributed by atoms with van der Waals surface area (Å²) < 4.78 is 0. The summed E-state index contributed by atoms with van der Waals surface area (Å²) in [4.78, 5) is 40.9. The van der Waals surface area contributed by atoms with Gasteiger partial charge in [-0.2, -0.15) is 0 Å². The Morgan fingerprint density at radius 3 is 2.12 bits per heavy atom. The van der Waals surface area contributed by atoms with Crippen LogP contribution in [0.1, 0.15) is 27.2 Å². The van der Waals surface area contributed by atoms with Crippen LogP contribution in [-0.2, 0) is 14.4 Å². The fourth-order valence-electron chi connectivity index (χ4n) is 2.42. The first kappa shape index (κ1) is 22.1. The fraction of sp³-hybridized carbons (Fsp3) is 0.706. The molecule has 0 aromatic heterocycles. The third-order valence-electron chi connectivity index (χ3n) is 3.75. The summed E-state index contributed by atoms with van der Waals surface area (Å²) in [5, 5.41) is 0. The molecule has 7 heteroatoms. The van der Waals surface area contributed by atoms with Crippen LogP contribution in [0.4, 0.5) is 0 Å². The van der Waals surface area contributed by atoms with Gasteiger partial charge in [0.15, 0.2) is 0 Å². The van der Waals surface area contributed by atoms with E-state index >= 15 is 0 Å². The molecule has 24 heavy (non-hydrogen) atoms. The summed E-state index contributed by atoms with van der Waals surface area (Å²) in [5.74, 6) is -0.897. The first-order valence-corrected chi connectivity index (χ1v) is 8.26. The van der Waals surface area contributed by atoms with Crippen molar-refractivity contribution in [3.8, 4) is 0 Å². The van der Waals surface area contributed by atoms with Gasteiger partial charge in [0.1, 0.15) is 6.04 Å². The summed E-state index contributed by atoms with van der Waals surface area (Å²) >= 11 is 0. The van der Waals surface area contributed by atoms with Crippen LogP contribution in [0.3, 0.4) is 0 Å². The van der Waals surface area contributed by atoms with Gasteiger partial charge in [0.2, 0.25) is 17.7 Å². The molecule has 3 amide bonds. The van der Waals surface area contributed by atoms with Gasteiger partial charge in [-0.1, -0.05) is 19.9 Å². The van der Waals surface area contributed by atoms with E-state index in [0.29, 0.717) is 19.6 Å². The molecule has 0 aliphatic rings. The summed E-state index contributed by atoms with van der Waals surface area (Å²) in [6.07, 6.45) is 3.48. The molecule has 0 radical (unpaired) electrons. The van der Waals surface area contributed by atoms with Crippen LogP contribution >= 0.6 is 0 Å². The molecule has 0 aliphatic carbocycles. The van der Waals surface area contributed by atoms with E-state index in [4.69, 9.17) is 5.73 Å². The third kappa shape index (κ3) is 7.59. The van der Waals surface area contributed by atoms with Crippen molar-refractivity contribution in [2.45, 2.75) is 33.2 Å². The average Bonchev–Trinajstić information content (AvgIpc) is 2.46. The van der Waals surface area contributed by atoms with Crippen molar-refractivity contribution in [1.29, 1.82) is 0 Å². The minimum absolute atomic E-state index is 0.0608. The normalized spacial score (nSPS) is 12.7. The second kappa shape index (κ2) is 10.8. The van der Waals surface area contributed by atoms with E-state index in [2.05, 4.69) is 0 Å². The maximum atomic E-state index is 12.3. The van der Waals surface area contributed by atoms with Gasteiger partial charge in [-0.3, -0.25) is 14.4 Å². The van der Waals surface area contributed by atoms with Crippen LogP contribution in [0.2, 0.25) is 0 Å². The lowest BCUT2D eigenvalue weighted by molar-refractivity contribution is -0.140. The molecular formula is C17H32N4O3. The number of likely N-dealkylation sites (N-methyl/N-ethyl adjacent to an activating group) is 3. The molecule has 0 aliphatic heterocycles. The molecule has 0 rings (SSSR count). The van der Waals surface area contributed by atoms with Crippen LogP contribution in [0.15, 0.2) is 12.2 Å². The Bertz CT molecular complexity index is 461. The number of rotatable bonds is 10. The van der Waals surface area contributed by atoms with Gasteiger partial charge in [0.05, 0.1) is 0 Å². The number of hydrogen-bond acceptors (Lipinski definition) is 4. The highest BCUT2D eigenvalue weighted by Gasteiger charge is 2.27. The van der Waals surface area contributed by atoms with Crippen molar-refractivity contribution in [2.75, 3.05) is 40.8 Å². The van der Waals surface area contributed by atoms with Crippen molar-refractivity contribution in [2.24, 2.45) is 11.7 Å². The van der Waals surface area contributed by atoms with E-state index in [0.717, 1.165) is 0 Å². The van der Waals surface area contributed by atoms with Gasteiger partial charge in [-0.15, -0.1) is 0 Å². The zero-order valence-corrected chi connectivity index (χ0v) is 15.8. The summed E-state index contributed by atoms with van der Waals surface area (Å²) in [5.41, 5.74) is 5.38. The lowest BCUT2D eigenvalue weighted by Gasteiger charge is -2.29. The quantitative estimate of drug-likeness (QED) is 0.580. The van der Waals surface area contributed by atoms with E-state index in [1.165, 1.54) is 11.0 Å². The van der Waals surface area contributed by atoms with Crippen LogP contribution in [0.25, 0.3) is 0 Å². The molecule has 0 saturated heterocycles. The van der Waals surface area contributed by atoms with Crippen molar-refractivity contribution in [3.63, 3.8) is 0 Å². The second-order valence-electron chi connectivity index (χ2n) is 6.43. The largest absolute Gasteiger partial charge is 0.368 e. The lowest BCUT2D eigenvalue weighted by Crippen LogP contribution is -2.49. The van der Waals surface area contributed by atoms with Gasteiger partial charge in [0.25, 0.3) is 0 Å². The third-order valence-corrected chi connectivity index (χ3v) is 3.75. The number of hydrogen-bond donors (Lipinski definition) is 1. The Balaban J connectivity index is 4.66. The Hall–Kier alpha value is -1.89. The number of nitrogens with zero attached hydrogens (tertiary/aromatic N) is 3. The van der Waals surface area contributed by atoms with E-state index in [-0.39, 0.29) is 24.2 Å². The standard InChI is InChI=1S/C17H32N4O3/c1-7-21(15(23)9-8-11-19(4)5)12-10-14(22)20(6)16(13(2)3)17(18)24/h8-9,13,16H,7,10-12H2,1-6H3,(H2,18,24)/b9-8-/t16-/m0/s1. The molecule has 0 unspecified atom stereocenters. The number of carbonyl (C=O) groups excluding carboxylic acids is 3. The Labute approximate surface area is 145 Å². The van der Waals surface area contributed by atoms with Gasteiger partial charge in [0, 0.05) is 39.2 Å². The summed E-state index contributed by atoms with van der Waals surface area (Å²) in [6.45, 7) is 7.07. The SMILES string of the molecule is CCN(CCC(=O)N(C)[C@H](C(N)=O)C(C)C)C(=O)/C=C\CN(C)C. The van der Waals surface area contributed by atoms with Gasteiger partial charge in [-0.25, -0.2) is 0 Å². The first-order chi connectivity index (χ1) is 11.1. The number of carbonyl (C=O) groups is 3. The maximum Gasteiger partial charge on any atom is 0.246 e. The molecule has 0 fully saturated rings. The average molecular weight is 340 g/mol. The summed E-state index contributed by atoms with van der Waals surface area (Å²) in [7, 11) is 5.42. The molecule has 0 aromatic carbocycles. The predicted octanol–water partition coefficient (Wildman–Crippen LogP) is 0.311. The van der Waals surface area contributed by atoms with E-state index in [9.17, 15) is 14.4 Å². The van der Waals surface area contributed by atoms with E-state index in [1.807, 2.05) is 39.8 Å². The predicted molar refractivity (Wildman–Crippen MR) is 95.2 cm³/mol. The van der Waals surface area contributed by atoms with Crippen LogP contribution in [-0.4, -0.2) is 79.2 Å². The van der Waals surface area contributed by atoms with Crippen LogP contribution in [0, 0.1) is 5.92 Å². The minimum atomic E-state index is -0.636. The van der Waals surface area contributed by atoms with Gasteiger partial charge >= 0.3 is 0 Å². The molecule has 0 bridgehead atoms. The molecule has 0 aromatic rings. The maximum absolute atomic E-state index is 12.3. The molecule has 2 N–H and O–H groups in total. The zero-order valence-electron chi connectivity index (χ0n) is 15.8. The molecule has 7 nitrogen and oxygen atoms in total. The van der Waals surface area contributed by atoms with E-state index in [1.54, 1.807) is 18.0 Å². The lowest BCUT2D eigenvalue weighted by atomic mass is 10.0. The molecule has 0 spiro atoms.